The first-order chi connectivity index (χ1) is 11.2. The van der Waals surface area contributed by atoms with Crippen LogP contribution in [0.2, 0.25) is 5.02 Å². The van der Waals surface area contributed by atoms with Crippen molar-refractivity contribution in [3.8, 4) is 5.75 Å². The lowest BCUT2D eigenvalue weighted by molar-refractivity contribution is 0.336. The van der Waals surface area contributed by atoms with Crippen LogP contribution in [0.15, 0.2) is 53.5 Å². The monoisotopic (exact) mass is 459 g/mol. The van der Waals surface area contributed by atoms with Crippen LogP contribution < -0.4 is 15.4 Å². The molecule has 2 N–H and O–H groups in total. The summed E-state index contributed by atoms with van der Waals surface area (Å²) in [5.41, 5.74) is 2.25. The zero-order valence-electron chi connectivity index (χ0n) is 13.9. The third kappa shape index (κ3) is 6.57. The molecule has 0 radical (unpaired) electrons. The van der Waals surface area contributed by atoms with Crippen LogP contribution in [-0.4, -0.2) is 19.6 Å². The number of rotatable bonds is 6. The molecule has 2 aromatic rings. The van der Waals surface area contributed by atoms with Crippen LogP contribution in [0.1, 0.15) is 18.1 Å². The highest BCUT2D eigenvalue weighted by Crippen LogP contribution is 2.17. The number of nitrogens with one attached hydrogen (secondary N) is 2. The van der Waals surface area contributed by atoms with E-state index in [-0.39, 0.29) is 24.0 Å². The van der Waals surface area contributed by atoms with Crippen molar-refractivity contribution in [1.82, 2.24) is 10.6 Å². The van der Waals surface area contributed by atoms with Gasteiger partial charge in [0.05, 0.1) is 6.61 Å². The molecule has 24 heavy (non-hydrogen) atoms. The molecule has 0 heterocycles. The number of para-hydroxylation sites is 1. The van der Waals surface area contributed by atoms with Gasteiger partial charge in [0.25, 0.3) is 0 Å². The number of ether oxygens (including phenoxy) is 1. The lowest BCUT2D eigenvalue weighted by Crippen LogP contribution is -2.36. The Morgan fingerprint density at radius 3 is 2.38 bits per heavy atom. The second-order valence-electron chi connectivity index (χ2n) is 4.95. The zero-order valence-corrected chi connectivity index (χ0v) is 17.0. The van der Waals surface area contributed by atoms with Crippen molar-refractivity contribution in [2.45, 2.75) is 20.0 Å². The van der Waals surface area contributed by atoms with Gasteiger partial charge in [-0.25, -0.2) is 0 Å². The van der Waals surface area contributed by atoms with Gasteiger partial charge < -0.3 is 15.4 Å². The van der Waals surface area contributed by atoms with Crippen molar-refractivity contribution in [3.05, 3.63) is 64.7 Å². The summed E-state index contributed by atoms with van der Waals surface area (Å²) in [5, 5.41) is 7.32. The SMILES string of the molecule is CCOc1ccccc1CNC(=NC)NCc1ccc(Cl)cc1.I. The van der Waals surface area contributed by atoms with Gasteiger partial charge in [0, 0.05) is 30.7 Å². The van der Waals surface area contributed by atoms with E-state index >= 15 is 0 Å². The smallest absolute Gasteiger partial charge is 0.191 e. The van der Waals surface area contributed by atoms with Crippen molar-refractivity contribution in [3.63, 3.8) is 0 Å². The molecular formula is C18H23ClIN3O. The number of hydrogen-bond donors (Lipinski definition) is 2. The molecular weight excluding hydrogens is 437 g/mol. The summed E-state index contributed by atoms with van der Waals surface area (Å²) >= 11 is 5.89. The molecule has 0 atom stereocenters. The third-order valence-electron chi connectivity index (χ3n) is 3.32. The van der Waals surface area contributed by atoms with E-state index in [4.69, 9.17) is 16.3 Å². The lowest BCUT2D eigenvalue weighted by Gasteiger charge is -2.14. The van der Waals surface area contributed by atoms with Crippen LogP contribution >= 0.6 is 35.6 Å². The van der Waals surface area contributed by atoms with Gasteiger partial charge in [-0.15, -0.1) is 24.0 Å². The minimum absolute atomic E-state index is 0. The molecule has 0 saturated heterocycles. The zero-order chi connectivity index (χ0) is 16.5. The minimum Gasteiger partial charge on any atom is -0.494 e. The lowest BCUT2D eigenvalue weighted by atomic mass is 10.2. The first-order valence-corrected chi connectivity index (χ1v) is 8.00. The van der Waals surface area contributed by atoms with E-state index in [1.54, 1.807) is 7.05 Å². The predicted molar refractivity (Wildman–Crippen MR) is 112 cm³/mol. The average molecular weight is 460 g/mol. The highest BCUT2D eigenvalue weighted by Gasteiger charge is 2.04. The number of guanidine groups is 1. The fourth-order valence-corrected chi connectivity index (χ4v) is 2.26. The molecule has 130 valence electrons. The van der Waals surface area contributed by atoms with Crippen molar-refractivity contribution in [2.75, 3.05) is 13.7 Å². The summed E-state index contributed by atoms with van der Waals surface area (Å²) in [7, 11) is 1.76. The van der Waals surface area contributed by atoms with E-state index in [1.165, 1.54) is 0 Å². The number of nitrogens with zero attached hydrogens (tertiary/aromatic N) is 1. The largest absolute Gasteiger partial charge is 0.494 e. The van der Waals surface area contributed by atoms with E-state index in [0.717, 1.165) is 27.9 Å². The Morgan fingerprint density at radius 2 is 1.71 bits per heavy atom. The van der Waals surface area contributed by atoms with Gasteiger partial charge in [-0.05, 0) is 30.7 Å². The van der Waals surface area contributed by atoms with Gasteiger partial charge >= 0.3 is 0 Å². The minimum atomic E-state index is 0. The molecule has 0 aliphatic rings. The van der Waals surface area contributed by atoms with Crippen LogP contribution in [0.5, 0.6) is 5.75 Å². The van der Waals surface area contributed by atoms with Crippen molar-refractivity contribution in [2.24, 2.45) is 4.99 Å². The molecule has 0 aliphatic heterocycles. The van der Waals surface area contributed by atoms with Crippen LogP contribution in [0, 0.1) is 0 Å². The highest BCUT2D eigenvalue weighted by molar-refractivity contribution is 14.0. The third-order valence-corrected chi connectivity index (χ3v) is 3.57. The standard InChI is InChI=1S/C18H22ClN3O.HI/c1-3-23-17-7-5-4-6-15(17)13-22-18(20-2)21-12-14-8-10-16(19)11-9-14;/h4-11H,3,12-13H2,1-2H3,(H2,20,21,22);1H. The fourth-order valence-electron chi connectivity index (χ4n) is 2.13. The number of benzene rings is 2. The van der Waals surface area contributed by atoms with Crippen molar-refractivity contribution < 1.29 is 4.74 Å². The molecule has 0 aliphatic carbocycles. The van der Waals surface area contributed by atoms with E-state index in [9.17, 15) is 0 Å². The Labute approximate surface area is 165 Å². The summed E-state index contributed by atoms with van der Waals surface area (Å²) in [5.74, 6) is 1.64. The van der Waals surface area contributed by atoms with E-state index in [0.29, 0.717) is 19.7 Å². The summed E-state index contributed by atoms with van der Waals surface area (Å²) < 4.78 is 5.63. The molecule has 4 nitrogen and oxygen atoms in total. The first kappa shape index (κ1) is 20.6. The number of hydrogen-bond acceptors (Lipinski definition) is 2. The summed E-state index contributed by atoms with van der Waals surface area (Å²) in [6.45, 7) is 3.97. The predicted octanol–water partition coefficient (Wildman–Crippen LogP) is 4.22. The maximum absolute atomic E-state index is 5.89. The maximum Gasteiger partial charge on any atom is 0.191 e. The molecule has 0 saturated carbocycles. The van der Waals surface area contributed by atoms with Crippen LogP contribution in [-0.2, 0) is 13.1 Å². The quantitative estimate of drug-likeness (QED) is 0.386. The normalized spacial score (nSPS) is 10.7. The Bertz CT molecular complexity index is 647. The molecule has 0 amide bonds. The topological polar surface area (TPSA) is 45.6 Å². The molecule has 6 heteroatoms. The Morgan fingerprint density at radius 1 is 1.04 bits per heavy atom. The van der Waals surface area contributed by atoms with E-state index in [2.05, 4.69) is 15.6 Å². The van der Waals surface area contributed by atoms with E-state index < -0.39 is 0 Å². The summed E-state index contributed by atoms with van der Waals surface area (Å²) in [6, 6.07) is 15.8. The van der Waals surface area contributed by atoms with Gasteiger partial charge in [0.2, 0.25) is 0 Å². The van der Waals surface area contributed by atoms with Gasteiger partial charge in [0.1, 0.15) is 5.75 Å². The van der Waals surface area contributed by atoms with Crippen LogP contribution in [0.25, 0.3) is 0 Å². The molecule has 2 aromatic carbocycles. The molecule has 0 aromatic heterocycles. The van der Waals surface area contributed by atoms with Crippen molar-refractivity contribution in [1.29, 1.82) is 0 Å². The maximum atomic E-state index is 5.89. The van der Waals surface area contributed by atoms with E-state index in [1.807, 2.05) is 55.5 Å². The van der Waals surface area contributed by atoms with Gasteiger partial charge in [-0.1, -0.05) is 41.9 Å². The molecule has 0 fully saturated rings. The number of halogens is 2. The molecule has 0 unspecified atom stereocenters. The van der Waals surface area contributed by atoms with Gasteiger partial charge in [-0.3, -0.25) is 4.99 Å². The molecule has 0 bridgehead atoms. The Kier molecular flexibility index (Phi) is 9.56. The average Bonchev–Trinajstić information content (AvgIpc) is 2.58. The van der Waals surface area contributed by atoms with Gasteiger partial charge in [0.15, 0.2) is 5.96 Å². The second kappa shape index (κ2) is 11.1. The summed E-state index contributed by atoms with van der Waals surface area (Å²) in [4.78, 5) is 4.24. The molecule has 2 rings (SSSR count). The molecule has 0 spiro atoms. The summed E-state index contributed by atoms with van der Waals surface area (Å²) in [6.07, 6.45) is 0. The van der Waals surface area contributed by atoms with Crippen molar-refractivity contribution >= 4 is 41.5 Å². The Hall–Kier alpha value is -1.47. The van der Waals surface area contributed by atoms with Crippen LogP contribution in [0.4, 0.5) is 0 Å². The first-order valence-electron chi connectivity index (χ1n) is 7.62. The second-order valence-corrected chi connectivity index (χ2v) is 5.38. The highest BCUT2D eigenvalue weighted by atomic mass is 127. The van der Waals surface area contributed by atoms with Crippen LogP contribution in [0.3, 0.4) is 0 Å². The Balaban J connectivity index is 0.00000288. The fraction of sp³-hybridized carbons (Fsp3) is 0.278. The number of aliphatic imine (C=N–C) groups is 1. The van der Waals surface area contributed by atoms with Gasteiger partial charge in [-0.2, -0.15) is 0 Å².